The number of rotatable bonds is 3. The van der Waals surface area contributed by atoms with Gasteiger partial charge in [0.05, 0.1) is 20.9 Å². The predicted molar refractivity (Wildman–Crippen MR) is 65.1 cm³/mol. The normalized spacial score (nSPS) is 10.6. The van der Waals surface area contributed by atoms with Crippen LogP contribution in [0.1, 0.15) is 0 Å². The zero-order valence-electron chi connectivity index (χ0n) is 8.49. The number of methoxy groups -OCH3 is 1. The molecule has 1 N–H and O–H groups in total. The van der Waals surface area contributed by atoms with Crippen LogP contribution >= 0.6 is 22.9 Å². The average molecular weight is 257 g/mol. The number of amides is 1. The maximum atomic E-state index is 11.4. The molecule has 4 nitrogen and oxygen atoms in total. The monoisotopic (exact) mass is 256 g/mol. The third-order valence-corrected chi connectivity index (χ3v) is 3.10. The van der Waals surface area contributed by atoms with Gasteiger partial charge in [0.15, 0.2) is 0 Å². The molecule has 84 valence electrons. The van der Waals surface area contributed by atoms with Gasteiger partial charge in [0.2, 0.25) is 5.91 Å². The maximum Gasteiger partial charge on any atom is 0.250 e. The summed E-state index contributed by atoms with van der Waals surface area (Å²) in [6, 6.07) is 3.62. The van der Waals surface area contributed by atoms with Gasteiger partial charge in [0.1, 0.15) is 12.1 Å². The van der Waals surface area contributed by atoms with Gasteiger partial charge in [-0.2, -0.15) is 0 Å². The lowest BCUT2D eigenvalue weighted by Crippen LogP contribution is -2.17. The SMILES string of the molecule is COCC(=O)Nc1c(Cl)ccc2scnc12. The Morgan fingerprint density at radius 1 is 1.62 bits per heavy atom. The molecule has 6 heteroatoms. The van der Waals surface area contributed by atoms with E-state index in [9.17, 15) is 4.79 Å². The summed E-state index contributed by atoms with van der Waals surface area (Å²) in [7, 11) is 1.46. The minimum Gasteiger partial charge on any atom is -0.375 e. The van der Waals surface area contributed by atoms with Gasteiger partial charge in [-0.15, -0.1) is 11.3 Å². The molecule has 16 heavy (non-hydrogen) atoms. The Morgan fingerprint density at radius 3 is 3.19 bits per heavy atom. The molecular weight excluding hydrogens is 248 g/mol. The Kier molecular flexibility index (Phi) is 3.38. The number of fused-ring (bicyclic) bond motifs is 1. The van der Waals surface area contributed by atoms with Crippen LogP contribution in [0.25, 0.3) is 10.2 Å². The molecule has 0 aliphatic heterocycles. The first kappa shape index (κ1) is 11.3. The fourth-order valence-corrected chi connectivity index (χ4v) is 2.22. The van der Waals surface area contributed by atoms with Crippen LogP contribution in [0.4, 0.5) is 5.69 Å². The van der Waals surface area contributed by atoms with E-state index >= 15 is 0 Å². The molecule has 1 aromatic heterocycles. The van der Waals surface area contributed by atoms with Crippen molar-refractivity contribution in [3.05, 3.63) is 22.7 Å². The second kappa shape index (κ2) is 4.78. The molecule has 0 saturated carbocycles. The molecule has 0 unspecified atom stereocenters. The van der Waals surface area contributed by atoms with Gasteiger partial charge in [-0.05, 0) is 12.1 Å². The summed E-state index contributed by atoms with van der Waals surface area (Å²) >= 11 is 7.51. The fourth-order valence-electron chi connectivity index (χ4n) is 1.33. The zero-order chi connectivity index (χ0) is 11.5. The first-order chi connectivity index (χ1) is 7.72. The number of carbonyl (C=O) groups excluding carboxylic acids is 1. The number of nitrogens with one attached hydrogen (secondary N) is 1. The fraction of sp³-hybridized carbons (Fsp3) is 0.200. The van der Waals surface area contributed by atoms with Gasteiger partial charge in [-0.3, -0.25) is 4.79 Å². The van der Waals surface area contributed by atoms with Gasteiger partial charge in [-0.1, -0.05) is 11.6 Å². The number of hydrogen-bond donors (Lipinski definition) is 1. The Bertz CT molecular complexity index is 527. The van der Waals surface area contributed by atoms with Crippen LogP contribution in [0.2, 0.25) is 5.02 Å². The first-order valence-corrected chi connectivity index (χ1v) is 5.78. The van der Waals surface area contributed by atoms with E-state index < -0.39 is 0 Å². The molecule has 0 spiro atoms. The van der Waals surface area contributed by atoms with E-state index in [0.29, 0.717) is 16.2 Å². The number of ether oxygens (including phenoxy) is 1. The molecule has 0 fully saturated rings. The molecule has 0 saturated heterocycles. The van der Waals surface area contributed by atoms with Crippen LogP contribution in [0, 0.1) is 0 Å². The number of carbonyl (C=O) groups is 1. The van der Waals surface area contributed by atoms with E-state index in [1.54, 1.807) is 11.6 Å². The minimum absolute atomic E-state index is 0.00312. The standard InChI is InChI=1S/C10H9ClN2O2S/c1-15-4-8(14)13-9-6(11)2-3-7-10(9)12-5-16-7/h2-3,5H,4H2,1H3,(H,13,14). The molecule has 2 rings (SSSR count). The van der Waals surface area contributed by atoms with Crippen molar-refractivity contribution in [3.63, 3.8) is 0 Å². The van der Waals surface area contributed by atoms with E-state index in [1.807, 2.05) is 6.07 Å². The molecule has 0 atom stereocenters. The summed E-state index contributed by atoms with van der Waals surface area (Å²) < 4.78 is 5.72. The Morgan fingerprint density at radius 2 is 2.44 bits per heavy atom. The smallest absolute Gasteiger partial charge is 0.250 e. The average Bonchev–Trinajstić information content (AvgIpc) is 2.71. The number of aromatic nitrogens is 1. The summed E-state index contributed by atoms with van der Waals surface area (Å²) in [6.07, 6.45) is 0. The number of thiazole rings is 1. The quantitative estimate of drug-likeness (QED) is 0.918. The van der Waals surface area contributed by atoms with Crippen molar-refractivity contribution in [2.75, 3.05) is 19.0 Å². The highest BCUT2D eigenvalue weighted by Gasteiger charge is 2.11. The second-order valence-electron chi connectivity index (χ2n) is 3.10. The van der Waals surface area contributed by atoms with Gasteiger partial charge >= 0.3 is 0 Å². The van der Waals surface area contributed by atoms with E-state index in [-0.39, 0.29) is 12.5 Å². The van der Waals surface area contributed by atoms with Crippen molar-refractivity contribution in [2.45, 2.75) is 0 Å². The third kappa shape index (κ3) is 2.16. The highest BCUT2D eigenvalue weighted by molar-refractivity contribution is 7.16. The van der Waals surface area contributed by atoms with Crippen LogP contribution in [0.5, 0.6) is 0 Å². The lowest BCUT2D eigenvalue weighted by Gasteiger charge is -2.07. The van der Waals surface area contributed by atoms with Crippen molar-refractivity contribution in [1.29, 1.82) is 0 Å². The van der Waals surface area contributed by atoms with Gasteiger partial charge in [-0.25, -0.2) is 4.98 Å². The number of benzene rings is 1. The van der Waals surface area contributed by atoms with Crippen LogP contribution in [0.15, 0.2) is 17.6 Å². The largest absolute Gasteiger partial charge is 0.375 e. The number of anilines is 1. The van der Waals surface area contributed by atoms with Gasteiger partial charge in [0, 0.05) is 7.11 Å². The van der Waals surface area contributed by atoms with Crippen molar-refractivity contribution < 1.29 is 9.53 Å². The summed E-state index contributed by atoms with van der Waals surface area (Å²) in [5.41, 5.74) is 2.97. The lowest BCUT2D eigenvalue weighted by molar-refractivity contribution is -0.119. The Labute approximate surface area is 101 Å². The van der Waals surface area contributed by atoms with Crippen LogP contribution in [0.3, 0.4) is 0 Å². The summed E-state index contributed by atoms with van der Waals surface area (Å²) in [5.74, 6) is -0.245. The van der Waals surface area contributed by atoms with E-state index in [1.165, 1.54) is 18.4 Å². The van der Waals surface area contributed by atoms with E-state index in [0.717, 1.165) is 4.70 Å². The predicted octanol–water partition coefficient (Wildman–Crippen LogP) is 2.53. The number of hydrogen-bond acceptors (Lipinski definition) is 4. The minimum atomic E-state index is -0.245. The zero-order valence-corrected chi connectivity index (χ0v) is 10.1. The van der Waals surface area contributed by atoms with Crippen LogP contribution < -0.4 is 5.32 Å². The van der Waals surface area contributed by atoms with Gasteiger partial charge in [0.25, 0.3) is 0 Å². The van der Waals surface area contributed by atoms with Crippen molar-refractivity contribution >= 4 is 44.7 Å². The molecule has 0 bridgehead atoms. The summed E-state index contributed by atoms with van der Waals surface area (Å²) in [4.78, 5) is 15.6. The van der Waals surface area contributed by atoms with Crippen LogP contribution in [-0.4, -0.2) is 24.6 Å². The van der Waals surface area contributed by atoms with Crippen LogP contribution in [-0.2, 0) is 9.53 Å². The number of nitrogens with zero attached hydrogens (tertiary/aromatic N) is 1. The lowest BCUT2D eigenvalue weighted by atomic mass is 10.3. The molecule has 1 amide bonds. The highest BCUT2D eigenvalue weighted by atomic mass is 35.5. The highest BCUT2D eigenvalue weighted by Crippen LogP contribution is 2.32. The second-order valence-corrected chi connectivity index (χ2v) is 4.40. The Balaban J connectivity index is 2.38. The van der Waals surface area contributed by atoms with Crippen molar-refractivity contribution in [3.8, 4) is 0 Å². The first-order valence-electron chi connectivity index (χ1n) is 4.53. The molecule has 1 heterocycles. The number of halogens is 1. The molecular formula is C10H9ClN2O2S. The summed E-state index contributed by atoms with van der Waals surface area (Å²) in [5, 5.41) is 3.16. The molecule has 2 aromatic rings. The topological polar surface area (TPSA) is 51.2 Å². The van der Waals surface area contributed by atoms with Gasteiger partial charge < -0.3 is 10.1 Å². The van der Waals surface area contributed by atoms with Crippen molar-refractivity contribution in [1.82, 2.24) is 4.98 Å². The third-order valence-electron chi connectivity index (χ3n) is 1.99. The molecule has 0 aliphatic rings. The Hall–Kier alpha value is -1.17. The molecule has 0 aliphatic carbocycles. The van der Waals surface area contributed by atoms with Crippen molar-refractivity contribution in [2.24, 2.45) is 0 Å². The summed E-state index contributed by atoms with van der Waals surface area (Å²) in [6.45, 7) is -0.00312. The van der Waals surface area contributed by atoms with E-state index in [4.69, 9.17) is 16.3 Å². The maximum absolute atomic E-state index is 11.4. The van der Waals surface area contributed by atoms with E-state index in [2.05, 4.69) is 10.3 Å². The molecule has 0 radical (unpaired) electrons. The molecule has 1 aromatic carbocycles.